The normalized spacial score (nSPS) is 17.2. The number of aliphatic carboxylic acids is 1. The Labute approximate surface area is 100 Å². The average Bonchev–Trinajstić information content (AvgIpc) is 2.33. The molecule has 1 aromatic rings. The molecule has 1 fully saturated rings. The highest BCUT2D eigenvalue weighted by Gasteiger charge is 2.25. The molecule has 1 N–H and O–H groups in total. The van der Waals surface area contributed by atoms with Crippen LogP contribution >= 0.6 is 0 Å². The zero-order valence-electron chi connectivity index (χ0n) is 10.2. The summed E-state index contributed by atoms with van der Waals surface area (Å²) in [4.78, 5) is 21.6. The summed E-state index contributed by atoms with van der Waals surface area (Å²) in [7, 11) is 0. The maximum Gasteiger partial charge on any atom is 0.306 e. The Morgan fingerprint density at radius 1 is 1.41 bits per heavy atom. The van der Waals surface area contributed by atoms with Crippen molar-refractivity contribution < 1.29 is 9.90 Å². The fourth-order valence-electron chi connectivity index (χ4n) is 1.99. The number of rotatable bonds is 2. The molecule has 0 saturated carbocycles. The van der Waals surface area contributed by atoms with Crippen LogP contribution in [-0.2, 0) is 4.79 Å². The topological polar surface area (TPSA) is 66.3 Å². The molecule has 2 rings (SSSR count). The summed E-state index contributed by atoms with van der Waals surface area (Å²) < 4.78 is 0. The minimum Gasteiger partial charge on any atom is -0.481 e. The monoisotopic (exact) mass is 235 g/mol. The van der Waals surface area contributed by atoms with E-state index in [0.717, 1.165) is 30.3 Å². The predicted octanol–water partition coefficient (Wildman–Crippen LogP) is 1.39. The van der Waals surface area contributed by atoms with Gasteiger partial charge in [-0.05, 0) is 32.3 Å². The number of hydrogen-bond acceptors (Lipinski definition) is 4. The Hall–Kier alpha value is -1.65. The Kier molecular flexibility index (Phi) is 3.26. The smallest absolute Gasteiger partial charge is 0.306 e. The summed E-state index contributed by atoms with van der Waals surface area (Å²) in [6, 6.07) is 0. The van der Waals surface area contributed by atoms with E-state index in [-0.39, 0.29) is 5.92 Å². The molecule has 5 heteroatoms. The molecule has 1 aromatic heterocycles. The molecular weight excluding hydrogens is 218 g/mol. The van der Waals surface area contributed by atoms with E-state index in [1.54, 1.807) is 0 Å². The van der Waals surface area contributed by atoms with Crippen LogP contribution in [0.1, 0.15) is 24.1 Å². The van der Waals surface area contributed by atoms with Gasteiger partial charge in [-0.25, -0.2) is 9.97 Å². The van der Waals surface area contributed by atoms with E-state index in [2.05, 4.69) is 14.9 Å². The van der Waals surface area contributed by atoms with Gasteiger partial charge in [0.05, 0.1) is 5.92 Å². The molecule has 0 unspecified atom stereocenters. The van der Waals surface area contributed by atoms with Gasteiger partial charge in [0.2, 0.25) is 5.95 Å². The van der Waals surface area contributed by atoms with Gasteiger partial charge in [-0.1, -0.05) is 0 Å². The molecule has 1 saturated heterocycles. The van der Waals surface area contributed by atoms with Crippen LogP contribution in [0.2, 0.25) is 0 Å². The van der Waals surface area contributed by atoms with Crippen molar-refractivity contribution in [2.24, 2.45) is 5.92 Å². The van der Waals surface area contributed by atoms with Crippen LogP contribution in [0.15, 0.2) is 6.20 Å². The lowest BCUT2D eigenvalue weighted by Gasteiger charge is -2.30. The molecule has 0 atom stereocenters. The Morgan fingerprint density at radius 2 is 2.06 bits per heavy atom. The zero-order valence-corrected chi connectivity index (χ0v) is 10.2. The van der Waals surface area contributed by atoms with Crippen molar-refractivity contribution in [3.63, 3.8) is 0 Å². The van der Waals surface area contributed by atoms with Gasteiger partial charge >= 0.3 is 5.97 Å². The van der Waals surface area contributed by atoms with Crippen LogP contribution in [0.3, 0.4) is 0 Å². The van der Waals surface area contributed by atoms with Crippen LogP contribution in [0.4, 0.5) is 5.95 Å². The van der Waals surface area contributed by atoms with E-state index in [4.69, 9.17) is 5.11 Å². The van der Waals surface area contributed by atoms with Gasteiger partial charge in [-0.3, -0.25) is 4.79 Å². The number of aryl methyl sites for hydroxylation is 2. The van der Waals surface area contributed by atoms with Gasteiger partial charge in [-0.15, -0.1) is 0 Å². The van der Waals surface area contributed by atoms with E-state index in [9.17, 15) is 4.79 Å². The highest BCUT2D eigenvalue weighted by Crippen LogP contribution is 2.21. The molecule has 17 heavy (non-hydrogen) atoms. The van der Waals surface area contributed by atoms with E-state index in [1.807, 2.05) is 20.0 Å². The molecule has 0 bridgehead atoms. The molecule has 5 nitrogen and oxygen atoms in total. The maximum atomic E-state index is 10.8. The third-order valence-corrected chi connectivity index (χ3v) is 3.34. The second kappa shape index (κ2) is 4.69. The number of aromatic nitrogens is 2. The third kappa shape index (κ3) is 2.54. The molecule has 0 spiro atoms. The lowest BCUT2D eigenvalue weighted by molar-refractivity contribution is -0.142. The second-order valence-electron chi connectivity index (χ2n) is 4.54. The molecular formula is C12H17N3O2. The van der Waals surface area contributed by atoms with E-state index in [1.165, 1.54) is 0 Å². The number of nitrogens with zero attached hydrogens (tertiary/aromatic N) is 3. The van der Waals surface area contributed by atoms with Crippen molar-refractivity contribution in [1.82, 2.24) is 9.97 Å². The van der Waals surface area contributed by atoms with Crippen molar-refractivity contribution in [3.8, 4) is 0 Å². The third-order valence-electron chi connectivity index (χ3n) is 3.34. The number of hydrogen-bond donors (Lipinski definition) is 1. The maximum absolute atomic E-state index is 10.8. The van der Waals surface area contributed by atoms with Crippen LogP contribution in [0.5, 0.6) is 0 Å². The highest BCUT2D eigenvalue weighted by molar-refractivity contribution is 5.70. The first-order valence-electron chi connectivity index (χ1n) is 5.86. The first-order valence-corrected chi connectivity index (χ1v) is 5.86. The summed E-state index contributed by atoms with van der Waals surface area (Å²) in [6.07, 6.45) is 3.16. The molecule has 92 valence electrons. The largest absolute Gasteiger partial charge is 0.481 e. The Bertz CT molecular complexity index is 426. The molecule has 2 heterocycles. The quantitative estimate of drug-likeness (QED) is 0.839. The van der Waals surface area contributed by atoms with E-state index < -0.39 is 5.97 Å². The van der Waals surface area contributed by atoms with E-state index >= 15 is 0 Å². The molecule has 0 aliphatic carbocycles. The summed E-state index contributed by atoms with van der Waals surface area (Å²) in [5.74, 6) is -0.180. The van der Waals surface area contributed by atoms with Gasteiger partial charge in [0.15, 0.2) is 0 Å². The van der Waals surface area contributed by atoms with Gasteiger partial charge in [0.25, 0.3) is 0 Å². The van der Waals surface area contributed by atoms with Crippen LogP contribution in [0, 0.1) is 19.8 Å². The first-order chi connectivity index (χ1) is 8.08. The van der Waals surface area contributed by atoms with Gasteiger partial charge < -0.3 is 10.0 Å². The lowest BCUT2D eigenvalue weighted by Crippen LogP contribution is -2.37. The van der Waals surface area contributed by atoms with Gasteiger partial charge in [0, 0.05) is 25.0 Å². The predicted molar refractivity (Wildman–Crippen MR) is 64.1 cm³/mol. The molecule has 0 radical (unpaired) electrons. The zero-order chi connectivity index (χ0) is 12.4. The van der Waals surface area contributed by atoms with Crippen molar-refractivity contribution in [2.75, 3.05) is 18.0 Å². The first kappa shape index (κ1) is 11.8. The number of anilines is 1. The molecule has 1 aliphatic heterocycles. The lowest BCUT2D eigenvalue weighted by atomic mass is 9.97. The van der Waals surface area contributed by atoms with Crippen LogP contribution in [-0.4, -0.2) is 34.1 Å². The van der Waals surface area contributed by atoms with E-state index in [0.29, 0.717) is 12.8 Å². The molecule has 0 amide bonds. The van der Waals surface area contributed by atoms with Crippen LogP contribution in [0.25, 0.3) is 0 Å². The van der Waals surface area contributed by atoms with Crippen molar-refractivity contribution in [1.29, 1.82) is 0 Å². The summed E-state index contributed by atoms with van der Waals surface area (Å²) >= 11 is 0. The highest BCUT2D eigenvalue weighted by atomic mass is 16.4. The molecule has 0 aromatic carbocycles. The minimum atomic E-state index is -0.689. The number of carboxylic acids is 1. The second-order valence-corrected chi connectivity index (χ2v) is 4.54. The number of carbonyl (C=O) groups is 1. The summed E-state index contributed by atoms with van der Waals surface area (Å²) in [5.41, 5.74) is 2.06. The SMILES string of the molecule is Cc1cnc(N2CCC(C(=O)O)CC2)nc1C. The summed E-state index contributed by atoms with van der Waals surface area (Å²) in [6.45, 7) is 5.39. The number of piperidine rings is 1. The van der Waals surface area contributed by atoms with Crippen LogP contribution < -0.4 is 4.90 Å². The Morgan fingerprint density at radius 3 is 2.59 bits per heavy atom. The van der Waals surface area contributed by atoms with Gasteiger partial charge in [0.1, 0.15) is 0 Å². The fourth-order valence-corrected chi connectivity index (χ4v) is 1.99. The minimum absolute atomic E-state index is 0.210. The Balaban J connectivity index is 2.05. The van der Waals surface area contributed by atoms with Crippen molar-refractivity contribution in [2.45, 2.75) is 26.7 Å². The van der Waals surface area contributed by atoms with Crippen molar-refractivity contribution in [3.05, 3.63) is 17.5 Å². The molecule has 1 aliphatic rings. The fraction of sp³-hybridized carbons (Fsp3) is 0.583. The van der Waals surface area contributed by atoms with Crippen molar-refractivity contribution >= 4 is 11.9 Å². The summed E-state index contributed by atoms with van der Waals surface area (Å²) in [5, 5.41) is 8.93. The standard InChI is InChI=1S/C12H17N3O2/c1-8-7-13-12(14-9(8)2)15-5-3-10(4-6-15)11(16)17/h7,10H,3-6H2,1-2H3,(H,16,17). The van der Waals surface area contributed by atoms with Gasteiger partial charge in [-0.2, -0.15) is 0 Å². The average molecular weight is 235 g/mol. The number of carboxylic acid groups (broad SMARTS) is 1.